The van der Waals surface area contributed by atoms with Crippen molar-refractivity contribution in [2.45, 2.75) is 13.0 Å². The van der Waals surface area contributed by atoms with Crippen LogP contribution in [0.15, 0.2) is 24.3 Å². The number of hydrogen-bond acceptors (Lipinski definition) is 2. The van der Waals surface area contributed by atoms with Crippen molar-refractivity contribution in [3.63, 3.8) is 0 Å². The smallest absolute Gasteiger partial charge is 0.223 e. The summed E-state index contributed by atoms with van der Waals surface area (Å²) in [5.41, 5.74) is 0.967. The lowest BCUT2D eigenvalue weighted by molar-refractivity contribution is -0.128. The molecule has 0 aromatic heterocycles. The van der Waals surface area contributed by atoms with Crippen LogP contribution in [0, 0.1) is 11.7 Å². The third-order valence-electron chi connectivity index (χ3n) is 2.84. The molecule has 0 bridgehead atoms. The van der Waals surface area contributed by atoms with Gasteiger partial charge in [-0.25, -0.2) is 4.39 Å². The molecule has 0 saturated carbocycles. The van der Waals surface area contributed by atoms with E-state index in [1.165, 1.54) is 12.1 Å². The summed E-state index contributed by atoms with van der Waals surface area (Å²) in [4.78, 5) is 13.4. The average molecular weight is 239 g/mol. The van der Waals surface area contributed by atoms with Crippen molar-refractivity contribution in [2.24, 2.45) is 5.92 Å². The lowest BCUT2D eigenvalue weighted by atomic mass is 10.1. The van der Waals surface area contributed by atoms with Crippen molar-refractivity contribution in [3.8, 4) is 0 Å². The molecule has 1 aromatic rings. The van der Waals surface area contributed by atoms with Crippen molar-refractivity contribution in [1.82, 2.24) is 4.90 Å². The summed E-state index contributed by atoms with van der Waals surface area (Å²) < 4.78 is 12.7. The van der Waals surface area contributed by atoms with Gasteiger partial charge in [0, 0.05) is 19.5 Å². The highest BCUT2D eigenvalue weighted by Gasteiger charge is 2.28. The quantitative estimate of drug-likeness (QED) is 0.801. The first-order valence-electron chi connectivity index (χ1n) is 5.32. The van der Waals surface area contributed by atoms with Crippen molar-refractivity contribution in [3.05, 3.63) is 35.6 Å². The summed E-state index contributed by atoms with van der Waals surface area (Å²) in [6.45, 7) is 1.34. The van der Waals surface area contributed by atoms with Gasteiger partial charge in [0.15, 0.2) is 0 Å². The average Bonchev–Trinajstić information content (AvgIpc) is 2.63. The maximum Gasteiger partial charge on any atom is 0.223 e. The van der Waals surface area contributed by atoms with E-state index in [-0.39, 0.29) is 11.7 Å². The van der Waals surface area contributed by atoms with Crippen LogP contribution in [0.25, 0.3) is 0 Å². The van der Waals surface area contributed by atoms with Crippen LogP contribution in [-0.4, -0.2) is 23.1 Å². The van der Waals surface area contributed by atoms with Crippen LogP contribution < -0.4 is 0 Å². The number of thiol groups is 1. The topological polar surface area (TPSA) is 20.3 Å². The van der Waals surface area contributed by atoms with Gasteiger partial charge in [-0.3, -0.25) is 4.79 Å². The van der Waals surface area contributed by atoms with Crippen molar-refractivity contribution >= 4 is 18.5 Å². The number of likely N-dealkylation sites (tertiary alicyclic amines) is 1. The largest absolute Gasteiger partial charge is 0.338 e. The fourth-order valence-corrected chi connectivity index (χ4v) is 2.18. The zero-order chi connectivity index (χ0) is 11.5. The van der Waals surface area contributed by atoms with Crippen LogP contribution in [0.4, 0.5) is 4.39 Å². The monoisotopic (exact) mass is 239 g/mol. The Morgan fingerprint density at radius 2 is 2.06 bits per heavy atom. The van der Waals surface area contributed by atoms with Crippen molar-refractivity contribution in [2.75, 3.05) is 12.3 Å². The van der Waals surface area contributed by atoms with Gasteiger partial charge in [0.25, 0.3) is 0 Å². The van der Waals surface area contributed by atoms with E-state index in [1.807, 2.05) is 4.90 Å². The SMILES string of the molecule is O=C1CC(CS)CN1Cc1ccc(F)cc1. The van der Waals surface area contributed by atoms with E-state index in [9.17, 15) is 9.18 Å². The maximum absolute atomic E-state index is 12.7. The third kappa shape index (κ3) is 2.55. The molecule has 0 radical (unpaired) electrons. The van der Waals surface area contributed by atoms with E-state index >= 15 is 0 Å². The molecule has 4 heteroatoms. The van der Waals surface area contributed by atoms with Crippen LogP contribution in [0.1, 0.15) is 12.0 Å². The Hall–Kier alpha value is -1.03. The first kappa shape index (κ1) is 11.5. The normalized spacial score (nSPS) is 20.5. The summed E-state index contributed by atoms with van der Waals surface area (Å²) in [6, 6.07) is 6.28. The fourth-order valence-electron chi connectivity index (χ4n) is 1.94. The highest BCUT2D eigenvalue weighted by atomic mass is 32.1. The van der Waals surface area contributed by atoms with Gasteiger partial charge >= 0.3 is 0 Å². The number of carbonyl (C=O) groups excluding carboxylic acids is 1. The number of hydrogen-bond donors (Lipinski definition) is 1. The molecule has 1 atom stereocenters. The summed E-state index contributed by atoms with van der Waals surface area (Å²) in [5, 5.41) is 0. The number of rotatable bonds is 3. The molecular weight excluding hydrogens is 225 g/mol. The van der Waals surface area contributed by atoms with Crippen LogP contribution in [0.3, 0.4) is 0 Å². The summed E-state index contributed by atoms with van der Waals surface area (Å²) in [5.74, 6) is 1.02. The Kier molecular flexibility index (Phi) is 3.49. The molecule has 1 saturated heterocycles. The summed E-state index contributed by atoms with van der Waals surface area (Å²) in [7, 11) is 0. The van der Waals surface area contributed by atoms with E-state index in [2.05, 4.69) is 12.6 Å². The molecule has 1 amide bonds. The van der Waals surface area contributed by atoms with Crippen molar-refractivity contribution < 1.29 is 9.18 Å². The molecule has 0 aliphatic carbocycles. The summed E-state index contributed by atoms with van der Waals surface area (Å²) >= 11 is 4.21. The van der Waals surface area contributed by atoms with E-state index < -0.39 is 0 Å². The van der Waals surface area contributed by atoms with E-state index in [1.54, 1.807) is 12.1 Å². The molecule has 1 fully saturated rings. The number of carbonyl (C=O) groups is 1. The van der Waals surface area contributed by atoms with Gasteiger partial charge in [-0.1, -0.05) is 12.1 Å². The van der Waals surface area contributed by atoms with Gasteiger partial charge in [0.2, 0.25) is 5.91 Å². The Labute approximate surface area is 99.9 Å². The first-order chi connectivity index (χ1) is 7.69. The minimum absolute atomic E-state index is 0.170. The second-order valence-electron chi connectivity index (χ2n) is 4.15. The van der Waals surface area contributed by atoms with E-state index in [4.69, 9.17) is 0 Å². The Morgan fingerprint density at radius 3 is 2.62 bits per heavy atom. The minimum atomic E-state index is -0.246. The van der Waals surface area contributed by atoms with Crippen LogP contribution in [0.5, 0.6) is 0 Å². The molecule has 2 rings (SSSR count). The van der Waals surface area contributed by atoms with E-state index in [0.29, 0.717) is 18.9 Å². The molecule has 0 spiro atoms. The lowest BCUT2D eigenvalue weighted by Gasteiger charge is -2.16. The molecule has 16 heavy (non-hydrogen) atoms. The van der Waals surface area contributed by atoms with Gasteiger partial charge < -0.3 is 4.90 Å². The molecule has 1 aliphatic heterocycles. The Morgan fingerprint density at radius 1 is 1.38 bits per heavy atom. The number of halogens is 1. The summed E-state index contributed by atoms with van der Waals surface area (Å²) in [6.07, 6.45) is 0.588. The molecule has 2 nitrogen and oxygen atoms in total. The highest BCUT2D eigenvalue weighted by Crippen LogP contribution is 2.20. The first-order valence-corrected chi connectivity index (χ1v) is 5.95. The van der Waals surface area contributed by atoms with Gasteiger partial charge in [0.05, 0.1) is 0 Å². The molecule has 1 heterocycles. The molecular formula is C12H14FNOS. The standard InChI is InChI=1S/C12H14FNOS/c13-11-3-1-9(2-4-11)6-14-7-10(8-16)5-12(14)15/h1-4,10,16H,5-8H2. The van der Waals surface area contributed by atoms with Crippen LogP contribution in [0.2, 0.25) is 0 Å². The predicted molar refractivity (Wildman–Crippen MR) is 63.8 cm³/mol. The zero-order valence-electron chi connectivity index (χ0n) is 8.90. The van der Waals surface area contributed by atoms with Crippen LogP contribution in [-0.2, 0) is 11.3 Å². The van der Waals surface area contributed by atoms with Gasteiger partial charge in [0.1, 0.15) is 5.82 Å². The lowest BCUT2D eigenvalue weighted by Crippen LogP contribution is -2.24. The maximum atomic E-state index is 12.7. The predicted octanol–water partition coefficient (Wildman–Crippen LogP) is 2.10. The second kappa shape index (κ2) is 4.87. The molecule has 86 valence electrons. The Bertz CT molecular complexity index is 379. The second-order valence-corrected chi connectivity index (χ2v) is 4.52. The van der Waals surface area contributed by atoms with Crippen LogP contribution >= 0.6 is 12.6 Å². The van der Waals surface area contributed by atoms with Crippen molar-refractivity contribution in [1.29, 1.82) is 0 Å². The van der Waals surface area contributed by atoms with Gasteiger partial charge in [-0.05, 0) is 29.4 Å². The number of nitrogens with zero attached hydrogens (tertiary/aromatic N) is 1. The number of benzene rings is 1. The molecule has 1 aromatic carbocycles. The third-order valence-corrected chi connectivity index (χ3v) is 3.36. The minimum Gasteiger partial charge on any atom is -0.338 e. The van der Waals surface area contributed by atoms with Gasteiger partial charge in [-0.15, -0.1) is 0 Å². The van der Waals surface area contributed by atoms with Gasteiger partial charge in [-0.2, -0.15) is 12.6 Å². The molecule has 0 N–H and O–H groups in total. The zero-order valence-corrected chi connectivity index (χ0v) is 9.79. The fraction of sp³-hybridized carbons (Fsp3) is 0.417. The highest BCUT2D eigenvalue weighted by molar-refractivity contribution is 7.80. The molecule has 1 aliphatic rings. The van der Waals surface area contributed by atoms with E-state index in [0.717, 1.165) is 17.9 Å². The Balaban J connectivity index is 2.00. The number of amides is 1. The molecule has 1 unspecified atom stereocenters.